The SMILES string of the molecule is CCC(C)c1cc2c(cc1C(C)(C)NC)CCC(C(O)CNCC1=CC(C)(C)N(O)C1(C)CC(C)C)O2. The summed E-state index contributed by atoms with van der Waals surface area (Å²) in [5.74, 6) is 1.80. The number of ether oxygens (including phenoxy) is 1. The molecule has 0 amide bonds. The largest absolute Gasteiger partial charge is 0.487 e. The third-order valence-corrected chi connectivity index (χ3v) is 8.79. The fourth-order valence-electron chi connectivity index (χ4n) is 6.19. The number of hydroxylamine groups is 2. The van der Waals surface area contributed by atoms with E-state index in [2.05, 4.69) is 77.3 Å². The van der Waals surface area contributed by atoms with Crippen LogP contribution in [0.4, 0.5) is 0 Å². The molecular weight excluding hydrogens is 462 g/mol. The highest BCUT2D eigenvalue weighted by atomic mass is 16.5. The van der Waals surface area contributed by atoms with E-state index in [0.29, 0.717) is 24.9 Å². The topological polar surface area (TPSA) is 77.0 Å². The van der Waals surface area contributed by atoms with E-state index in [1.807, 2.05) is 20.9 Å². The van der Waals surface area contributed by atoms with Gasteiger partial charge in [0.25, 0.3) is 0 Å². The Hall–Kier alpha value is -1.44. The molecule has 4 unspecified atom stereocenters. The van der Waals surface area contributed by atoms with E-state index >= 15 is 0 Å². The van der Waals surface area contributed by atoms with Gasteiger partial charge in [-0.05, 0) is 114 Å². The van der Waals surface area contributed by atoms with Crippen molar-refractivity contribution in [2.45, 2.75) is 123 Å². The van der Waals surface area contributed by atoms with Crippen molar-refractivity contribution in [2.24, 2.45) is 5.92 Å². The van der Waals surface area contributed by atoms with Gasteiger partial charge in [0.2, 0.25) is 0 Å². The van der Waals surface area contributed by atoms with Crippen LogP contribution in [0.3, 0.4) is 0 Å². The minimum atomic E-state index is -0.606. The van der Waals surface area contributed by atoms with Crippen molar-refractivity contribution in [2.75, 3.05) is 20.1 Å². The van der Waals surface area contributed by atoms with E-state index in [1.165, 1.54) is 27.3 Å². The summed E-state index contributed by atoms with van der Waals surface area (Å²) in [7, 11) is 2.02. The van der Waals surface area contributed by atoms with Crippen LogP contribution in [-0.2, 0) is 12.0 Å². The summed E-state index contributed by atoms with van der Waals surface area (Å²) < 4.78 is 6.42. The molecule has 0 fully saturated rings. The van der Waals surface area contributed by atoms with E-state index in [9.17, 15) is 10.3 Å². The quantitative estimate of drug-likeness (QED) is 0.291. The van der Waals surface area contributed by atoms with Crippen LogP contribution in [0.2, 0.25) is 0 Å². The molecule has 0 radical (unpaired) electrons. The van der Waals surface area contributed by atoms with Crippen LogP contribution >= 0.6 is 0 Å². The molecule has 6 heteroatoms. The van der Waals surface area contributed by atoms with Crippen molar-refractivity contribution in [1.82, 2.24) is 15.7 Å². The summed E-state index contributed by atoms with van der Waals surface area (Å²) in [4.78, 5) is 0. The van der Waals surface area contributed by atoms with E-state index in [1.54, 1.807) is 0 Å². The summed E-state index contributed by atoms with van der Waals surface area (Å²) >= 11 is 0. The molecule has 4 N–H and O–H groups in total. The zero-order valence-corrected chi connectivity index (χ0v) is 25.0. The molecule has 1 aromatic rings. The Morgan fingerprint density at radius 3 is 2.46 bits per heavy atom. The van der Waals surface area contributed by atoms with Crippen LogP contribution in [-0.4, -0.2) is 58.8 Å². The van der Waals surface area contributed by atoms with Crippen molar-refractivity contribution in [3.05, 3.63) is 40.5 Å². The van der Waals surface area contributed by atoms with Crippen LogP contribution in [0, 0.1) is 5.92 Å². The highest BCUT2D eigenvalue weighted by molar-refractivity contribution is 5.48. The zero-order valence-electron chi connectivity index (χ0n) is 25.0. The Labute approximate surface area is 225 Å². The summed E-state index contributed by atoms with van der Waals surface area (Å²) in [5, 5.41) is 30.5. The number of fused-ring (bicyclic) bond motifs is 1. The Kier molecular flexibility index (Phi) is 9.24. The standard InChI is InChI=1S/C31H53N3O3/c1-11-21(4)24-15-28-22(14-25(24)30(7,8)32-10)12-13-27(37-28)26(35)19-33-18-23-17-29(5,6)34(36)31(23,9)16-20(2)3/h14-15,17,20-21,26-27,32-33,35-36H,11-13,16,18-19H2,1-10H3. The van der Waals surface area contributed by atoms with Crippen molar-refractivity contribution >= 4 is 0 Å². The monoisotopic (exact) mass is 515 g/mol. The van der Waals surface area contributed by atoms with Crippen LogP contribution in [0.25, 0.3) is 0 Å². The lowest BCUT2D eigenvalue weighted by Crippen LogP contribution is -2.51. The van der Waals surface area contributed by atoms with Gasteiger partial charge in [0, 0.05) is 18.6 Å². The second-order valence-electron chi connectivity index (χ2n) is 13.1. The predicted molar refractivity (Wildman–Crippen MR) is 152 cm³/mol. The molecule has 0 saturated carbocycles. The molecule has 3 rings (SSSR count). The maximum atomic E-state index is 11.1. The molecule has 6 nitrogen and oxygen atoms in total. The molecule has 210 valence electrons. The lowest BCUT2D eigenvalue weighted by Gasteiger charge is -2.40. The molecule has 2 aliphatic rings. The van der Waals surface area contributed by atoms with Gasteiger partial charge in [-0.25, -0.2) is 0 Å². The first-order valence-corrected chi connectivity index (χ1v) is 14.3. The number of hydrogen-bond donors (Lipinski definition) is 4. The fraction of sp³-hybridized carbons (Fsp3) is 0.742. The van der Waals surface area contributed by atoms with Gasteiger partial charge in [0.1, 0.15) is 18.0 Å². The van der Waals surface area contributed by atoms with Gasteiger partial charge >= 0.3 is 0 Å². The average Bonchev–Trinajstić information content (AvgIpc) is 3.01. The maximum absolute atomic E-state index is 11.1. The molecule has 4 atom stereocenters. The molecule has 0 aliphatic carbocycles. The minimum Gasteiger partial charge on any atom is -0.487 e. The summed E-state index contributed by atoms with van der Waals surface area (Å²) in [6.45, 7) is 20.6. The number of benzene rings is 1. The van der Waals surface area contributed by atoms with Crippen molar-refractivity contribution < 1.29 is 15.1 Å². The Bertz CT molecular complexity index is 971. The summed E-state index contributed by atoms with van der Waals surface area (Å²) in [5.41, 5.74) is 4.11. The summed E-state index contributed by atoms with van der Waals surface area (Å²) in [6, 6.07) is 4.54. The van der Waals surface area contributed by atoms with Gasteiger partial charge in [-0.15, -0.1) is 0 Å². The normalized spacial score (nSPS) is 25.5. The van der Waals surface area contributed by atoms with E-state index in [0.717, 1.165) is 31.4 Å². The van der Waals surface area contributed by atoms with Gasteiger partial charge in [-0.2, -0.15) is 5.06 Å². The number of rotatable bonds is 11. The average molecular weight is 516 g/mol. The molecular formula is C31H53N3O3. The third-order valence-electron chi connectivity index (χ3n) is 8.79. The Morgan fingerprint density at radius 2 is 1.86 bits per heavy atom. The van der Waals surface area contributed by atoms with E-state index in [-0.39, 0.29) is 11.6 Å². The first-order valence-electron chi connectivity index (χ1n) is 14.3. The number of aliphatic hydroxyl groups is 1. The number of nitrogens with zero attached hydrogens (tertiary/aromatic N) is 1. The molecule has 0 bridgehead atoms. The van der Waals surface area contributed by atoms with Gasteiger partial charge in [0.05, 0.1) is 11.1 Å². The van der Waals surface area contributed by atoms with Crippen LogP contribution in [0.1, 0.15) is 104 Å². The highest BCUT2D eigenvalue weighted by Crippen LogP contribution is 2.42. The van der Waals surface area contributed by atoms with E-state index in [4.69, 9.17) is 4.74 Å². The molecule has 2 aliphatic heterocycles. The lowest BCUT2D eigenvalue weighted by molar-refractivity contribution is -0.194. The molecule has 1 aromatic carbocycles. The maximum Gasteiger partial charge on any atom is 0.126 e. The predicted octanol–water partition coefficient (Wildman–Crippen LogP) is 5.51. The highest BCUT2D eigenvalue weighted by Gasteiger charge is 2.48. The lowest BCUT2D eigenvalue weighted by atomic mass is 9.81. The van der Waals surface area contributed by atoms with Crippen molar-refractivity contribution in [3.8, 4) is 5.75 Å². The minimum absolute atomic E-state index is 0.119. The molecule has 0 spiro atoms. The van der Waals surface area contributed by atoms with Crippen molar-refractivity contribution in [3.63, 3.8) is 0 Å². The number of aryl methyl sites for hydroxylation is 1. The third kappa shape index (κ3) is 6.25. The zero-order chi connectivity index (χ0) is 27.8. The van der Waals surface area contributed by atoms with E-state index < -0.39 is 17.2 Å². The van der Waals surface area contributed by atoms with Crippen LogP contribution in [0.5, 0.6) is 5.75 Å². The Morgan fingerprint density at radius 1 is 1.19 bits per heavy atom. The molecule has 2 heterocycles. The smallest absolute Gasteiger partial charge is 0.126 e. The van der Waals surface area contributed by atoms with Gasteiger partial charge in [-0.1, -0.05) is 33.8 Å². The van der Waals surface area contributed by atoms with Gasteiger partial charge in [0.15, 0.2) is 0 Å². The Balaban J connectivity index is 1.69. The van der Waals surface area contributed by atoms with Crippen molar-refractivity contribution in [1.29, 1.82) is 0 Å². The van der Waals surface area contributed by atoms with Gasteiger partial charge < -0.3 is 25.7 Å². The van der Waals surface area contributed by atoms with Crippen LogP contribution < -0.4 is 15.4 Å². The summed E-state index contributed by atoms with van der Waals surface area (Å²) in [6.07, 6.45) is 4.96. The number of nitrogens with one attached hydrogen (secondary N) is 2. The molecule has 0 saturated heterocycles. The second-order valence-corrected chi connectivity index (χ2v) is 13.1. The fourth-order valence-corrected chi connectivity index (χ4v) is 6.19. The number of aliphatic hydroxyl groups excluding tert-OH is 1. The first kappa shape index (κ1) is 30.1. The number of hydrogen-bond acceptors (Lipinski definition) is 6. The second kappa shape index (κ2) is 11.4. The first-order chi connectivity index (χ1) is 17.2. The van der Waals surface area contributed by atoms with Gasteiger partial charge in [-0.3, -0.25) is 0 Å². The molecule has 0 aromatic heterocycles. The van der Waals surface area contributed by atoms with Crippen LogP contribution in [0.15, 0.2) is 23.8 Å². The molecule has 37 heavy (non-hydrogen) atoms.